The molecule has 3 heterocycles. The molecule has 0 radical (unpaired) electrons. The SMILES string of the molecule is C=C1CN(C(CCC)CCC)c2nc(C)nc3c2c1cn3-c1ccc(Cl)cc1Cl. The Kier molecular flexibility index (Phi) is 5.58. The second-order valence-electron chi connectivity index (χ2n) is 7.76. The summed E-state index contributed by atoms with van der Waals surface area (Å²) in [6, 6.07) is 6.00. The summed E-state index contributed by atoms with van der Waals surface area (Å²) >= 11 is 12.6. The molecule has 0 fully saturated rings. The number of hydrogen-bond acceptors (Lipinski definition) is 3. The van der Waals surface area contributed by atoms with Crippen molar-refractivity contribution in [2.45, 2.75) is 52.5 Å². The Morgan fingerprint density at radius 2 is 1.86 bits per heavy atom. The molecule has 4 rings (SSSR count). The molecule has 0 amide bonds. The molecule has 29 heavy (non-hydrogen) atoms. The van der Waals surface area contributed by atoms with Gasteiger partial charge in [0.2, 0.25) is 0 Å². The summed E-state index contributed by atoms with van der Waals surface area (Å²) in [6.07, 6.45) is 6.67. The van der Waals surface area contributed by atoms with Gasteiger partial charge in [0.1, 0.15) is 11.6 Å². The molecular formula is C23H26Cl2N4. The van der Waals surface area contributed by atoms with Crippen molar-refractivity contribution in [1.82, 2.24) is 14.5 Å². The number of rotatable bonds is 6. The van der Waals surface area contributed by atoms with Gasteiger partial charge in [-0.05, 0) is 43.5 Å². The minimum Gasteiger partial charge on any atom is -0.349 e. The van der Waals surface area contributed by atoms with E-state index >= 15 is 0 Å². The van der Waals surface area contributed by atoms with Gasteiger partial charge in [0, 0.05) is 29.4 Å². The van der Waals surface area contributed by atoms with Crippen molar-refractivity contribution in [3.8, 4) is 5.69 Å². The molecule has 0 aliphatic carbocycles. The molecule has 1 aromatic carbocycles. The highest BCUT2D eigenvalue weighted by Crippen LogP contribution is 2.41. The summed E-state index contributed by atoms with van der Waals surface area (Å²) < 4.78 is 2.05. The Balaban J connectivity index is 1.95. The number of nitrogens with zero attached hydrogens (tertiary/aromatic N) is 4. The summed E-state index contributed by atoms with van der Waals surface area (Å²) in [4.78, 5) is 12.1. The Labute approximate surface area is 182 Å². The molecule has 3 aromatic rings. The Morgan fingerprint density at radius 3 is 2.52 bits per heavy atom. The lowest BCUT2D eigenvalue weighted by Gasteiger charge is -2.36. The second kappa shape index (κ2) is 8.00. The number of anilines is 1. The van der Waals surface area contributed by atoms with Crippen molar-refractivity contribution >= 4 is 45.6 Å². The monoisotopic (exact) mass is 428 g/mol. The molecule has 0 saturated heterocycles. The van der Waals surface area contributed by atoms with Crippen molar-refractivity contribution in [2.24, 2.45) is 0 Å². The molecule has 152 valence electrons. The van der Waals surface area contributed by atoms with E-state index in [0.717, 1.165) is 71.7 Å². The Bertz CT molecular complexity index is 1080. The molecule has 0 saturated carbocycles. The molecule has 0 atom stereocenters. The molecule has 1 aliphatic rings. The average molecular weight is 429 g/mol. The maximum absolute atomic E-state index is 6.53. The summed E-state index contributed by atoms with van der Waals surface area (Å²) in [5, 5.41) is 2.27. The summed E-state index contributed by atoms with van der Waals surface area (Å²) in [5.41, 5.74) is 3.92. The van der Waals surface area contributed by atoms with Crippen LogP contribution in [0.5, 0.6) is 0 Å². The van der Waals surface area contributed by atoms with E-state index in [-0.39, 0.29) is 0 Å². The van der Waals surface area contributed by atoms with Crippen LogP contribution in [0.3, 0.4) is 0 Å². The number of halogens is 2. The minimum absolute atomic E-state index is 0.454. The van der Waals surface area contributed by atoms with Crippen LogP contribution in [0.1, 0.15) is 50.9 Å². The second-order valence-corrected chi connectivity index (χ2v) is 8.61. The fourth-order valence-electron chi connectivity index (χ4n) is 4.34. The van der Waals surface area contributed by atoms with E-state index in [4.69, 9.17) is 33.2 Å². The summed E-state index contributed by atoms with van der Waals surface area (Å²) in [5.74, 6) is 1.78. The molecule has 6 heteroatoms. The lowest BCUT2D eigenvalue weighted by atomic mass is 9.97. The highest BCUT2D eigenvalue weighted by atomic mass is 35.5. The van der Waals surface area contributed by atoms with Crippen LogP contribution < -0.4 is 4.90 Å². The van der Waals surface area contributed by atoms with Crippen molar-refractivity contribution in [3.63, 3.8) is 0 Å². The van der Waals surface area contributed by atoms with Gasteiger partial charge in [-0.3, -0.25) is 4.57 Å². The molecule has 0 spiro atoms. The van der Waals surface area contributed by atoms with E-state index in [9.17, 15) is 0 Å². The predicted molar refractivity (Wildman–Crippen MR) is 124 cm³/mol. The van der Waals surface area contributed by atoms with E-state index in [1.807, 2.05) is 23.6 Å². The number of benzene rings is 1. The topological polar surface area (TPSA) is 34.0 Å². The lowest BCUT2D eigenvalue weighted by molar-refractivity contribution is 0.514. The predicted octanol–water partition coefficient (Wildman–Crippen LogP) is 6.84. The molecule has 4 nitrogen and oxygen atoms in total. The third-order valence-corrected chi connectivity index (χ3v) is 6.14. The van der Waals surface area contributed by atoms with Crippen LogP contribution in [0.15, 0.2) is 31.0 Å². The van der Waals surface area contributed by atoms with E-state index in [1.165, 1.54) is 0 Å². The van der Waals surface area contributed by atoms with Crippen LogP contribution in [-0.4, -0.2) is 27.1 Å². The molecular weight excluding hydrogens is 403 g/mol. The van der Waals surface area contributed by atoms with Crippen LogP contribution in [0.4, 0.5) is 5.82 Å². The first kappa shape index (κ1) is 20.2. The molecule has 2 aromatic heterocycles. The van der Waals surface area contributed by atoms with E-state index in [2.05, 4.69) is 31.5 Å². The first-order chi connectivity index (χ1) is 13.9. The number of hydrogen-bond donors (Lipinski definition) is 0. The summed E-state index contributed by atoms with van der Waals surface area (Å²) in [7, 11) is 0. The lowest BCUT2D eigenvalue weighted by Crippen LogP contribution is -2.39. The van der Waals surface area contributed by atoms with Crippen molar-refractivity contribution < 1.29 is 0 Å². The van der Waals surface area contributed by atoms with Crippen LogP contribution in [0, 0.1) is 6.92 Å². The first-order valence-electron chi connectivity index (χ1n) is 10.2. The fourth-order valence-corrected chi connectivity index (χ4v) is 4.84. The van der Waals surface area contributed by atoms with Gasteiger partial charge in [0.15, 0.2) is 5.65 Å². The van der Waals surface area contributed by atoms with Crippen LogP contribution >= 0.6 is 23.2 Å². The quantitative estimate of drug-likeness (QED) is 0.430. The standard InChI is InChI=1S/C23H26Cl2N4/c1-5-7-17(8-6-2)28-12-14(3)18-13-29(20-10-9-16(24)11-19(20)25)23-21(18)22(28)26-15(4)27-23/h9-11,13,17H,3,5-8,12H2,1-2,4H3. The van der Waals surface area contributed by atoms with Gasteiger partial charge in [0.05, 0.1) is 16.1 Å². The van der Waals surface area contributed by atoms with E-state index < -0.39 is 0 Å². The minimum atomic E-state index is 0.454. The van der Waals surface area contributed by atoms with Gasteiger partial charge < -0.3 is 4.90 Å². The largest absolute Gasteiger partial charge is 0.349 e. The molecule has 1 aliphatic heterocycles. The average Bonchev–Trinajstić information content (AvgIpc) is 3.04. The maximum Gasteiger partial charge on any atom is 0.151 e. The van der Waals surface area contributed by atoms with Crippen molar-refractivity contribution in [2.75, 3.05) is 11.4 Å². The van der Waals surface area contributed by atoms with Gasteiger partial charge in [-0.2, -0.15) is 0 Å². The molecule has 0 bridgehead atoms. The molecule has 0 unspecified atom stereocenters. The van der Waals surface area contributed by atoms with Gasteiger partial charge in [-0.1, -0.05) is 56.5 Å². The third-order valence-electron chi connectivity index (χ3n) is 5.61. The highest BCUT2D eigenvalue weighted by Gasteiger charge is 2.31. The summed E-state index contributed by atoms with van der Waals surface area (Å²) in [6.45, 7) is 11.6. The van der Waals surface area contributed by atoms with Crippen LogP contribution in [0.25, 0.3) is 22.3 Å². The fraction of sp³-hybridized carbons (Fsp3) is 0.391. The Morgan fingerprint density at radius 1 is 1.14 bits per heavy atom. The Hall–Kier alpha value is -2.04. The van der Waals surface area contributed by atoms with Gasteiger partial charge in [0.25, 0.3) is 0 Å². The van der Waals surface area contributed by atoms with Crippen molar-refractivity contribution in [3.05, 3.63) is 52.4 Å². The van der Waals surface area contributed by atoms with Gasteiger partial charge in [-0.15, -0.1) is 0 Å². The van der Waals surface area contributed by atoms with Crippen LogP contribution in [-0.2, 0) is 0 Å². The third kappa shape index (κ3) is 3.53. The van der Waals surface area contributed by atoms with Gasteiger partial charge >= 0.3 is 0 Å². The van der Waals surface area contributed by atoms with Gasteiger partial charge in [-0.25, -0.2) is 9.97 Å². The molecule has 0 N–H and O–H groups in total. The first-order valence-corrected chi connectivity index (χ1v) is 11.0. The van der Waals surface area contributed by atoms with E-state index in [1.54, 1.807) is 6.07 Å². The van der Waals surface area contributed by atoms with Crippen molar-refractivity contribution in [1.29, 1.82) is 0 Å². The zero-order valence-electron chi connectivity index (χ0n) is 17.2. The zero-order valence-corrected chi connectivity index (χ0v) is 18.7. The maximum atomic E-state index is 6.53. The number of aryl methyl sites for hydroxylation is 1. The van der Waals surface area contributed by atoms with Crippen LogP contribution in [0.2, 0.25) is 10.0 Å². The normalized spacial score (nSPS) is 13.7. The number of aromatic nitrogens is 3. The van der Waals surface area contributed by atoms with E-state index in [0.29, 0.717) is 16.1 Å². The smallest absolute Gasteiger partial charge is 0.151 e. The zero-order chi connectivity index (χ0) is 20.7. The highest BCUT2D eigenvalue weighted by molar-refractivity contribution is 6.35.